The summed E-state index contributed by atoms with van der Waals surface area (Å²) in [5, 5.41) is 0.817. The largest absolute Gasteiger partial charge is 0.478 e. The first kappa shape index (κ1) is 17.3. The van der Waals surface area contributed by atoms with Crippen LogP contribution in [0.1, 0.15) is 49.4 Å². The summed E-state index contributed by atoms with van der Waals surface area (Å²) in [6.45, 7) is 2.63. The summed E-state index contributed by atoms with van der Waals surface area (Å²) >= 11 is 0. The van der Waals surface area contributed by atoms with Gasteiger partial charge in [0.25, 0.3) is 0 Å². The summed E-state index contributed by atoms with van der Waals surface area (Å²) in [7, 11) is 2.19. The highest BCUT2D eigenvalue weighted by atomic mass is 16.5. The number of aromatic nitrogens is 1. The summed E-state index contributed by atoms with van der Waals surface area (Å²) in [4.78, 5) is 19.9. The van der Waals surface area contributed by atoms with Gasteiger partial charge in [-0.05, 0) is 32.4 Å². The Balaban J connectivity index is 1.57. The predicted octanol–water partition coefficient (Wildman–Crippen LogP) is 3.81. The number of ether oxygens (including phenoxy) is 2. The molecule has 2 fully saturated rings. The van der Waals surface area contributed by atoms with E-state index in [2.05, 4.69) is 16.9 Å². The van der Waals surface area contributed by atoms with E-state index < -0.39 is 0 Å². The van der Waals surface area contributed by atoms with Crippen LogP contribution in [-0.2, 0) is 4.74 Å². The number of carbonyl (C=O) groups is 1. The topological polar surface area (TPSA) is 51.7 Å². The second-order valence-electron chi connectivity index (χ2n) is 7.42. The molecule has 3 heterocycles. The number of rotatable bonds is 5. The minimum Gasteiger partial charge on any atom is -0.478 e. The molecule has 138 valence electrons. The molecule has 0 saturated carbocycles. The number of hydrogen-bond acceptors (Lipinski definition) is 5. The average molecular weight is 354 g/mol. The Bertz CT molecular complexity index is 793. The average Bonchev–Trinajstić information content (AvgIpc) is 2.86. The Morgan fingerprint density at radius 1 is 1.23 bits per heavy atom. The number of nitrogens with zero attached hydrogens (tertiary/aromatic N) is 2. The molecule has 1 aromatic carbocycles. The van der Waals surface area contributed by atoms with Crippen LogP contribution < -0.4 is 4.74 Å². The molecule has 2 aliphatic rings. The van der Waals surface area contributed by atoms with Gasteiger partial charge in [0.05, 0.1) is 17.7 Å². The van der Waals surface area contributed by atoms with Crippen LogP contribution in [0.2, 0.25) is 0 Å². The Labute approximate surface area is 154 Å². The minimum absolute atomic E-state index is 0.00291. The molecule has 2 bridgehead atoms. The van der Waals surface area contributed by atoms with Crippen molar-refractivity contribution in [2.75, 3.05) is 13.7 Å². The van der Waals surface area contributed by atoms with E-state index in [1.54, 1.807) is 6.07 Å². The molecule has 26 heavy (non-hydrogen) atoms. The zero-order valence-electron chi connectivity index (χ0n) is 15.5. The molecule has 0 amide bonds. The van der Waals surface area contributed by atoms with Crippen LogP contribution in [-0.4, -0.2) is 47.7 Å². The molecule has 0 radical (unpaired) electrons. The third kappa shape index (κ3) is 3.28. The van der Waals surface area contributed by atoms with Gasteiger partial charge in [0.15, 0.2) is 0 Å². The third-order valence-electron chi connectivity index (χ3n) is 5.70. The van der Waals surface area contributed by atoms with Crippen LogP contribution >= 0.6 is 0 Å². The molecule has 3 atom stereocenters. The smallest absolute Gasteiger partial charge is 0.339 e. The van der Waals surface area contributed by atoms with Gasteiger partial charge >= 0.3 is 5.97 Å². The van der Waals surface area contributed by atoms with Crippen molar-refractivity contribution in [3.05, 3.63) is 35.9 Å². The predicted molar refractivity (Wildman–Crippen MR) is 101 cm³/mol. The van der Waals surface area contributed by atoms with Gasteiger partial charge in [0.2, 0.25) is 5.88 Å². The summed E-state index contributed by atoms with van der Waals surface area (Å²) in [6, 6.07) is 10.5. The lowest BCUT2D eigenvalue weighted by molar-refractivity contribution is -0.000306. The summed E-state index contributed by atoms with van der Waals surface area (Å²) in [6.07, 6.45) is 5.18. The highest BCUT2D eigenvalue weighted by Crippen LogP contribution is 2.36. The van der Waals surface area contributed by atoms with Gasteiger partial charge in [-0.3, -0.25) is 0 Å². The van der Waals surface area contributed by atoms with Gasteiger partial charge in [-0.1, -0.05) is 25.1 Å². The van der Waals surface area contributed by atoms with Gasteiger partial charge in [0.1, 0.15) is 6.10 Å². The zero-order chi connectivity index (χ0) is 18.1. The van der Waals surface area contributed by atoms with Gasteiger partial charge in [0, 0.05) is 36.4 Å². The monoisotopic (exact) mass is 354 g/mol. The fourth-order valence-electron chi connectivity index (χ4n) is 4.27. The highest BCUT2D eigenvalue weighted by molar-refractivity contribution is 6.03. The van der Waals surface area contributed by atoms with Gasteiger partial charge in [-0.2, -0.15) is 0 Å². The van der Waals surface area contributed by atoms with E-state index >= 15 is 0 Å². The molecule has 2 saturated heterocycles. The number of piperidine rings is 1. The standard InChI is InChI=1S/C21H26N2O3/c1-3-10-25-20-13-18(17-6-4-5-7-19(17)22-20)21(24)26-16-11-14-8-9-15(12-16)23(14)2/h4-7,13-16H,3,8-12H2,1-2H3/t14-,15+,16?. The van der Waals surface area contributed by atoms with Crippen molar-refractivity contribution in [3.63, 3.8) is 0 Å². The van der Waals surface area contributed by atoms with E-state index in [9.17, 15) is 4.79 Å². The number of benzene rings is 1. The van der Waals surface area contributed by atoms with Crippen LogP contribution in [0.4, 0.5) is 0 Å². The summed E-state index contributed by atoms with van der Waals surface area (Å²) < 4.78 is 11.6. The Morgan fingerprint density at radius 2 is 1.96 bits per heavy atom. The number of carbonyl (C=O) groups excluding carboxylic acids is 1. The van der Waals surface area contributed by atoms with E-state index in [4.69, 9.17) is 9.47 Å². The van der Waals surface area contributed by atoms with Crippen molar-refractivity contribution in [2.45, 2.75) is 57.2 Å². The molecule has 2 aliphatic heterocycles. The Hall–Kier alpha value is -2.14. The molecule has 0 spiro atoms. The first-order valence-electron chi connectivity index (χ1n) is 9.61. The number of fused-ring (bicyclic) bond motifs is 3. The molecule has 5 heteroatoms. The van der Waals surface area contributed by atoms with Gasteiger partial charge < -0.3 is 14.4 Å². The zero-order valence-corrected chi connectivity index (χ0v) is 15.5. The Kier molecular flexibility index (Phi) is 4.81. The van der Waals surface area contributed by atoms with Crippen molar-refractivity contribution >= 4 is 16.9 Å². The van der Waals surface area contributed by atoms with Gasteiger partial charge in [-0.25, -0.2) is 9.78 Å². The number of pyridine rings is 1. The molecule has 1 aromatic heterocycles. The van der Waals surface area contributed by atoms with Crippen LogP contribution in [0.25, 0.3) is 10.9 Å². The lowest BCUT2D eigenvalue weighted by atomic mass is 10.0. The molecule has 0 aliphatic carbocycles. The van der Waals surface area contributed by atoms with Crippen molar-refractivity contribution < 1.29 is 14.3 Å². The van der Waals surface area contributed by atoms with Crippen LogP contribution in [0.5, 0.6) is 5.88 Å². The van der Waals surface area contributed by atoms with E-state index in [1.807, 2.05) is 31.2 Å². The molecular weight excluding hydrogens is 328 g/mol. The molecule has 5 nitrogen and oxygen atoms in total. The van der Waals surface area contributed by atoms with Crippen LogP contribution in [0.3, 0.4) is 0 Å². The van der Waals surface area contributed by atoms with E-state index in [-0.39, 0.29) is 12.1 Å². The normalized spacial score (nSPS) is 25.4. The quantitative estimate of drug-likeness (QED) is 0.764. The lowest BCUT2D eigenvalue weighted by Gasteiger charge is -2.35. The number of para-hydroxylation sites is 1. The summed E-state index contributed by atoms with van der Waals surface area (Å²) in [5.74, 6) is 0.222. The second kappa shape index (κ2) is 7.23. The molecule has 4 rings (SSSR count). The van der Waals surface area contributed by atoms with Crippen LogP contribution in [0.15, 0.2) is 30.3 Å². The lowest BCUT2D eigenvalue weighted by Crippen LogP contribution is -2.43. The van der Waals surface area contributed by atoms with Crippen molar-refractivity contribution in [1.82, 2.24) is 9.88 Å². The number of esters is 1. The van der Waals surface area contributed by atoms with Crippen molar-refractivity contribution in [2.24, 2.45) is 0 Å². The van der Waals surface area contributed by atoms with Gasteiger partial charge in [-0.15, -0.1) is 0 Å². The number of hydrogen-bond donors (Lipinski definition) is 0. The first-order valence-corrected chi connectivity index (χ1v) is 9.61. The molecular formula is C21H26N2O3. The Morgan fingerprint density at radius 3 is 2.69 bits per heavy atom. The first-order chi connectivity index (χ1) is 12.7. The maximum absolute atomic E-state index is 12.9. The maximum Gasteiger partial charge on any atom is 0.339 e. The summed E-state index contributed by atoms with van der Waals surface area (Å²) in [5.41, 5.74) is 1.31. The van der Waals surface area contributed by atoms with Crippen LogP contribution in [0, 0.1) is 0 Å². The van der Waals surface area contributed by atoms with E-state index in [0.29, 0.717) is 30.1 Å². The highest BCUT2D eigenvalue weighted by Gasteiger charge is 2.40. The molecule has 0 N–H and O–H groups in total. The minimum atomic E-state index is -0.265. The van der Waals surface area contributed by atoms with E-state index in [1.165, 1.54) is 12.8 Å². The molecule has 2 aromatic rings. The SMILES string of the molecule is CCCOc1cc(C(=O)OC2C[C@H]3CC[C@@H](C2)N3C)c2ccccc2n1. The second-order valence-corrected chi connectivity index (χ2v) is 7.42. The fraction of sp³-hybridized carbons (Fsp3) is 0.524. The fourth-order valence-corrected chi connectivity index (χ4v) is 4.27. The molecule has 1 unspecified atom stereocenters. The van der Waals surface area contributed by atoms with E-state index in [0.717, 1.165) is 30.2 Å². The van der Waals surface area contributed by atoms with Crippen molar-refractivity contribution in [1.29, 1.82) is 0 Å². The third-order valence-corrected chi connectivity index (χ3v) is 5.70. The van der Waals surface area contributed by atoms with Crippen molar-refractivity contribution in [3.8, 4) is 5.88 Å². The maximum atomic E-state index is 12.9.